The number of hydrogen-bond acceptors (Lipinski definition) is 2. The molecular weight excluding hydrogens is 200 g/mol. The molecule has 0 aromatic carbocycles. The van der Waals surface area contributed by atoms with Gasteiger partial charge >= 0.3 is 0 Å². The van der Waals surface area contributed by atoms with E-state index in [4.69, 9.17) is 4.74 Å². The highest BCUT2D eigenvalue weighted by Crippen LogP contribution is 2.44. The van der Waals surface area contributed by atoms with Crippen LogP contribution in [0.25, 0.3) is 0 Å². The zero-order valence-corrected chi connectivity index (χ0v) is 11.4. The first-order chi connectivity index (χ1) is 7.46. The Hall–Kier alpha value is -0.0800. The molecule has 0 aromatic heterocycles. The van der Waals surface area contributed by atoms with E-state index in [1.54, 1.807) is 0 Å². The standard InChI is InChI=1S/C14H28O2/c1-5-7-12(15)14(16-6-2)10-8-13(3,4)9-11-14/h12,15H,5-11H2,1-4H3. The Labute approximate surface area is 100 Å². The summed E-state index contributed by atoms with van der Waals surface area (Å²) in [5.74, 6) is 0. The van der Waals surface area contributed by atoms with Crippen LogP contribution in [0.3, 0.4) is 0 Å². The molecule has 0 radical (unpaired) electrons. The third-order valence-corrected chi connectivity index (χ3v) is 4.05. The lowest BCUT2D eigenvalue weighted by atomic mass is 9.68. The van der Waals surface area contributed by atoms with Gasteiger partial charge in [0.1, 0.15) is 0 Å². The second kappa shape index (κ2) is 5.50. The lowest BCUT2D eigenvalue weighted by Gasteiger charge is -2.46. The highest BCUT2D eigenvalue weighted by molar-refractivity contribution is 4.95. The van der Waals surface area contributed by atoms with Crippen molar-refractivity contribution in [3.8, 4) is 0 Å². The quantitative estimate of drug-likeness (QED) is 0.780. The summed E-state index contributed by atoms with van der Waals surface area (Å²) in [6.07, 6.45) is 5.94. The fourth-order valence-electron chi connectivity index (χ4n) is 2.75. The van der Waals surface area contributed by atoms with Crippen LogP contribution in [0.1, 0.15) is 66.2 Å². The Bertz CT molecular complexity index is 201. The van der Waals surface area contributed by atoms with Gasteiger partial charge in [0.25, 0.3) is 0 Å². The first-order valence-corrected chi connectivity index (χ1v) is 6.78. The van der Waals surface area contributed by atoms with Gasteiger partial charge in [0.2, 0.25) is 0 Å². The number of rotatable bonds is 5. The first kappa shape index (κ1) is 14.0. The Balaban J connectivity index is 2.67. The lowest BCUT2D eigenvalue weighted by Crippen LogP contribution is -2.49. The highest BCUT2D eigenvalue weighted by atomic mass is 16.5. The van der Waals surface area contributed by atoms with Crippen molar-refractivity contribution in [3.05, 3.63) is 0 Å². The maximum Gasteiger partial charge on any atom is 0.0940 e. The van der Waals surface area contributed by atoms with Crippen LogP contribution in [-0.2, 0) is 4.74 Å². The van der Waals surface area contributed by atoms with Crippen LogP contribution in [-0.4, -0.2) is 23.4 Å². The third-order valence-electron chi connectivity index (χ3n) is 4.05. The van der Waals surface area contributed by atoms with Gasteiger partial charge in [-0.3, -0.25) is 0 Å². The molecule has 0 bridgehead atoms. The zero-order chi connectivity index (χ0) is 12.2. The summed E-state index contributed by atoms with van der Waals surface area (Å²) in [4.78, 5) is 0. The lowest BCUT2D eigenvalue weighted by molar-refractivity contribution is -0.153. The van der Waals surface area contributed by atoms with E-state index in [1.807, 2.05) is 6.92 Å². The van der Waals surface area contributed by atoms with Crippen LogP contribution in [0.5, 0.6) is 0 Å². The molecule has 1 rings (SSSR count). The van der Waals surface area contributed by atoms with Crippen LogP contribution in [0.15, 0.2) is 0 Å². The zero-order valence-electron chi connectivity index (χ0n) is 11.4. The van der Waals surface area contributed by atoms with Gasteiger partial charge in [-0.1, -0.05) is 27.2 Å². The predicted molar refractivity (Wildman–Crippen MR) is 67.5 cm³/mol. The van der Waals surface area contributed by atoms with Gasteiger partial charge in [0, 0.05) is 6.61 Å². The van der Waals surface area contributed by atoms with E-state index < -0.39 is 0 Å². The molecule has 0 heterocycles. The van der Waals surface area contributed by atoms with E-state index in [0.717, 1.165) is 38.5 Å². The van der Waals surface area contributed by atoms with Crippen molar-refractivity contribution in [2.45, 2.75) is 77.9 Å². The summed E-state index contributed by atoms with van der Waals surface area (Å²) in [5.41, 5.74) is 0.173. The predicted octanol–water partition coefficient (Wildman–Crippen LogP) is 3.52. The molecule has 16 heavy (non-hydrogen) atoms. The molecule has 1 atom stereocenters. The largest absolute Gasteiger partial charge is 0.390 e. The van der Waals surface area contributed by atoms with E-state index >= 15 is 0 Å². The number of hydrogen-bond donors (Lipinski definition) is 1. The van der Waals surface area contributed by atoms with Gasteiger partial charge in [0.05, 0.1) is 11.7 Å². The smallest absolute Gasteiger partial charge is 0.0940 e. The van der Waals surface area contributed by atoms with Gasteiger partial charge in [0.15, 0.2) is 0 Å². The molecule has 96 valence electrons. The SMILES string of the molecule is CCCC(O)C1(OCC)CCC(C)(C)CC1. The maximum absolute atomic E-state index is 10.3. The molecule has 0 aliphatic heterocycles. The van der Waals surface area contributed by atoms with Crippen molar-refractivity contribution < 1.29 is 9.84 Å². The van der Waals surface area contributed by atoms with Crippen LogP contribution >= 0.6 is 0 Å². The Morgan fingerprint density at radius 3 is 2.12 bits per heavy atom. The molecule has 1 fully saturated rings. The third kappa shape index (κ3) is 3.21. The summed E-state index contributed by atoms with van der Waals surface area (Å²) in [6, 6.07) is 0. The van der Waals surface area contributed by atoms with Crippen LogP contribution in [0.2, 0.25) is 0 Å². The molecular formula is C14H28O2. The van der Waals surface area contributed by atoms with Crippen molar-refractivity contribution in [2.24, 2.45) is 5.41 Å². The fourth-order valence-corrected chi connectivity index (χ4v) is 2.75. The minimum Gasteiger partial charge on any atom is -0.390 e. The van der Waals surface area contributed by atoms with Crippen molar-refractivity contribution in [2.75, 3.05) is 6.61 Å². The summed E-state index contributed by atoms with van der Waals surface area (Å²) < 4.78 is 5.93. The van der Waals surface area contributed by atoms with E-state index in [2.05, 4.69) is 20.8 Å². The van der Waals surface area contributed by atoms with Crippen LogP contribution in [0.4, 0.5) is 0 Å². The van der Waals surface area contributed by atoms with E-state index in [9.17, 15) is 5.11 Å². The average Bonchev–Trinajstić information content (AvgIpc) is 2.22. The van der Waals surface area contributed by atoms with Crippen LogP contribution < -0.4 is 0 Å². The van der Waals surface area contributed by atoms with Gasteiger partial charge in [-0.25, -0.2) is 0 Å². The molecule has 0 spiro atoms. The average molecular weight is 228 g/mol. The molecule has 0 amide bonds. The minimum atomic E-state index is -0.284. The van der Waals surface area contributed by atoms with E-state index in [1.165, 1.54) is 0 Å². The van der Waals surface area contributed by atoms with Gasteiger partial charge in [-0.2, -0.15) is 0 Å². The monoisotopic (exact) mass is 228 g/mol. The molecule has 2 nitrogen and oxygen atoms in total. The van der Waals surface area contributed by atoms with Crippen molar-refractivity contribution in [1.29, 1.82) is 0 Å². The Morgan fingerprint density at radius 1 is 1.12 bits per heavy atom. The van der Waals surface area contributed by atoms with Gasteiger partial charge in [-0.05, 0) is 44.4 Å². The second-order valence-corrected chi connectivity index (χ2v) is 5.97. The fraction of sp³-hybridized carbons (Fsp3) is 1.00. The molecule has 1 N–H and O–H groups in total. The molecule has 1 saturated carbocycles. The first-order valence-electron chi connectivity index (χ1n) is 6.78. The topological polar surface area (TPSA) is 29.5 Å². The van der Waals surface area contributed by atoms with Gasteiger partial charge in [-0.15, -0.1) is 0 Å². The number of ether oxygens (including phenoxy) is 1. The minimum absolute atomic E-state index is 0.250. The summed E-state index contributed by atoms with van der Waals surface area (Å²) in [7, 11) is 0. The second-order valence-electron chi connectivity index (χ2n) is 5.97. The molecule has 1 aliphatic carbocycles. The highest BCUT2D eigenvalue weighted by Gasteiger charge is 2.43. The summed E-state index contributed by atoms with van der Waals surface area (Å²) in [5, 5.41) is 10.3. The van der Waals surface area contributed by atoms with Crippen molar-refractivity contribution in [3.63, 3.8) is 0 Å². The van der Waals surface area contributed by atoms with Crippen LogP contribution in [0, 0.1) is 5.41 Å². The van der Waals surface area contributed by atoms with Crippen molar-refractivity contribution >= 4 is 0 Å². The molecule has 0 aromatic rings. The number of aliphatic hydroxyl groups is 1. The number of aliphatic hydroxyl groups excluding tert-OH is 1. The maximum atomic E-state index is 10.3. The molecule has 2 heteroatoms. The summed E-state index contributed by atoms with van der Waals surface area (Å²) >= 11 is 0. The molecule has 1 unspecified atom stereocenters. The molecule has 0 saturated heterocycles. The van der Waals surface area contributed by atoms with Gasteiger partial charge < -0.3 is 9.84 Å². The Morgan fingerprint density at radius 2 is 1.69 bits per heavy atom. The van der Waals surface area contributed by atoms with E-state index in [0.29, 0.717) is 12.0 Å². The summed E-state index contributed by atoms with van der Waals surface area (Å²) in [6.45, 7) is 9.49. The molecule has 1 aliphatic rings. The van der Waals surface area contributed by atoms with E-state index in [-0.39, 0.29) is 11.7 Å². The Kier molecular flexibility index (Phi) is 4.81. The van der Waals surface area contributed by atoms with Crippen molar-refractivity contribution in [1.82, 2.24) is 0 Å². The normalized spacial score (nSPS) is 25.3.